The average molecular weight is 474 g/mol. The molecule has 0 aromatic carbocycles. The summed E-state index contributed by atoms with van der Waals surface area (Å²) < 4.78 is 13.1. The normalized spacial score (nSPS) is 34.3. The van der Waals surface area contributed by atoms with Crippen LogP contribution in [0, 0.1) is 29.1 Å². The van der Waals surface area contributed by atoms with E-state index in [1.54, 1.807) is 0 Å². The van der Waals surface area contributed by atoms with Crippen LogP contribution in [0.4, 0.5) is 0 Å². The van der Waals surface area contributed by atoms with Crippen LogP contribution >= 0.6 is 0 Å². The van der Waals surface area contributed by atoms with E-state index in [1.807, 2.05) is 0 Å². The predicted octanol–water partition coefficient (Wildman–Crippen LogP) is 4.65. The molecule has 5 aliphatic rings. The second-order valence-electron chi connectivity index (χ2n) is 12.8. The minimum Gasteiger partial charge on any atom is -0.404 e. The highest BCUT2D eigenvalue weighted by molar-refractivity contribution is 6.47. The van der Waals surface area contributed by atoms with Crippen LogP contribution in [-0.4, -0.2) is 43.1 Å². The summed E-state index contributed by atoms with van der Waals surface area (Å²) in [7, 11) is -0.429. The molecule has 5 atom stereocenters. The van der Waals surface area contributed by atoms with Crippen molar-refractivity contribution in [3.63, 3.8) is 0 Å². The first-order valence-corrected chi connectivity index (χ1v) is 14.0. The van der Waals surface area contributed by atoms with Crippen molar-refractivity contribution in [1.29, 1.82) is 0 Å². The number of carbonyl (C=O) groups excluding carboxylic acids is 2. The maximum atomic E-state index is 12.9. The molecule has 2 bridgehead atoms. The fourth-order valence-electron chi connectivity index (χ4n) is 7.28. The Morgan fingerprint density at radius 2 is 1.65 bits per heavy atom. The van der Waals surface area contributed by atoms with Crippen LogP contribution in [0.1, 0.15) is 105 Å². The summed E-state index contributed by atoms with van der Waals surface area (Å²) in [4.78, 5) is 25.7. The van der Waals surface area contributed by atoms with Crippen molar-refractivity contribution in [2.45, 2.75) is 123 Å². The fraction of sp³-hybridized carbons (Fsp3) is 0.926. The van der Waals surface area contributed by atoms with Gasteiger partial charge in [0, 0.05) is 5.92 Å². The SMILES string of the molecule is CC(C)C[C@H](NC(=O)CNC(=O)C1CCCCCCCC1)B1O[C@@H]2CC3CC(C3(C)C)[C@]2(C)O1. The van der Waals surface area contributed by atoms with Crippen LogP contribution in [0.5, 0.6) is 0 Å². The molecule has 34 heavy (non-hydrogen) atoms. The van der Waals surface area contributed by atoms with Crippen molar-refractivity contribution in [1.82, 2.24) is 10.6 Å². The summed E-state index contributed by atoms with van der Waals surface area (Å²) in [6, 6.07) is 0. The van der Waals surface area contributed by atoms with Gasteiger partial charge in [0.1, 0.15) is 0 Å². The molecule has 7 heteroatoms. The lowest BCUT2D eigenvalue weighted by Crippen LogP contribution is -2.65. The molecule has 0 aromatic rings. The third kappa shape index (κ3) is 5.35. The number of hydrogen-bond acceptors (Lipinski definition) is 4. The quantitative estimate of drug-likeness (QED) is 0.527. The van der Waals surface area contributed by atoms with Gasteiger partial charge in [0.05, 0.1) is 24.2 Å². The van der Waals surface area contributed by atoms with E-state index in [4.69, 9.17) is 9.31 Å². The van der Waals surface area contributed by atoms with Gasteiger partial charge in [-0.2, -0.15) is 0 Å². The van der Waals surface area contributed by atoms with Gasteiger partial charge in [0.25, 0.3) is 0 Å². The van der Waals surface area contributed by atoms with Crippen LogP contribution in [0.15, 0.2) is 0 Å². The second kappa shape index (κ2) is 10.5. The molecule has 0 aromatic heterocycles. The Bertz CT molecular complexity index is 734. The molecule has 4 aliphatic carbocycles. The molecule has 1 aliphatic heterocycles. The maximum Gasteiger partial charge on any atom is 0.481 e. The summed E-state index contributed by atoms with van der Waals surface area (Å²) in [5.41, 5.74) is 0.00855. The first-order valence-electron chi connectivity index (χ1n) is 14.0. The number of hydrogen-bond donors (Lipinski definition) is 2. The topological polar surface area (TPSA) is 76.7 Å². The van der Waals surface area contributed by atoms with Crippen molar-refractivity contribution < 1.29 is 18.9 Å². The molecule has 5 rings (SSSR count). The molecule has 2 amide bonds. The first-order chi connectivity index (χ1) is 16.1. The van der Waals surface area contributed by atoms with E-state index >= 15 is 0 Å². The summed E-state index contributed by atoms with van der Waals surface area (Å²) in [5, 5.41) is 6.07. The Hall–Kier alpha value is -1.08. The van der Waals surface area contributed by atoms with Gasteiger partial charge >= 0.3 is 7.12 Å². The lowest BCUT2D eigenvalue weighted by Gasteiger charge is -2.64. The third-order valence-electron chi connectivity index (χ3n) is 9.52. The molecule has 1 saturated heterocycles. The molecule has 4 saturated carbocycles. The Morgan fingerprint density at radius 3 is 2.26 bits per heavy atom. The highest BCUT2D eigenvalue weighted by atomic mass is 16.7. The van der Waals surface area contributed by atoms with Gasteiger partial charge in [0.2, 0.25) is 11.8 Å². The molecule has 5 fully saturated rings. The van der Waals surface area contributed by atoms with E-state index in [0.29, 0.717) is 23.2 Å². The van der Waals surface area contributed by atoms with Crippen LogP contribution in [-0.2, 0) is 18.9 Å². The molecular weight excluding hydrogens is 427 g/mol. The van der Waals surface area contributed by atoms with Crippen molar-refractivity contribution in [3.05, 3.63) is 0 Å². The number of amides is 2. The fourth-order valence-corrected chi connectivity index (χ4v) is 7.28. The summed E-state index contributed by atoms with van der Waals surface area (Å²) in [6.45, 7) is 11.3. The van der Waals surface area contributed by atoms with E-state index in [0.717, 1.165) is 38.5 Å². The van der Waals surface area contributed by atoms with Gasteiger partial charge in [0.15, 0.2) is 0 Å². The van der Waals surface area contributed by atoms with Crippen molar-refractivity contribution in [2.24, 2.45) is 29.1 Å². The highest BCUT2D eigenvalue weighted by Gasteiger charge is 2.68. The average Bonchev–Trinajstić information content (AvgIpc) is 3.19. The zero-order chi connectivity index (χ0) is 24.5. The molecule has 2 N–H and O–H groups in total. The molecule has 6 nitrogen and oxygen atoms in total. The first kappa shape index (κ1) is 26.0. The van der Waals surface area contributed by atoms with E-state index in [1.165, 1.54) is 32.1 Å². The highest BCUT2D eigenvalue weighted by Crippen LogP contribution is 2.65. The van der Waals surface area contributed by atoms with E-state index in [-0.39, 0.29) is 41.9 Å². The molecule has 192 valence electrons. The molecule has 0 radical (unpaired) electrons. The van der Waals surface area contributed by atoms with Gasteiger partial charge < -0.3 is 19.9 Å². The maximum absolute atomic E-state index is 12.9. The monoisotopic (exact) mass is 474 g/mol. The van der Waals surface area contributed by atoms with Gasteiger partial charge in [-0.3, -0.25) is 9.59 Å². The van der Waals surface area contributed by atoms with Gasteiger partial charge in [-0.25, -0.2) is 0 Å². The lowest BCUT2D eigenvalue weighted by atomic mass is 9.43. The molecule has 1 heterocycles. The number of nitrogens with one attached hydrogen (secondary N) is 2. The molecular formula is C27H47BN2O4. The van der Waals surface area contributed by atoms with Crippen LogP contribution in [0.2, 0.25) is 0 Å². The lowest BCUT2D eigenvalue weighted by molar-refractivity contribution is -0.199. The third-order valence-corrected chi connectivity index (χ3v) is 9.52. The number of rotatable bonds is 7. The van der Waals surface area contributed by atoms with E-state index in [2.05, 4.69) is 45.3 Å². The zero-order valence-corrected chi connectivity index (χ0v) is 22.2. The molecule has 2 unspecified atom stereocenters. The van der Waals surface area contributed by atoms with Crippen LogP contribution in [0.3, 0.4) is 0 Å². The van der Waals surface area contributed by atoms with Gasteiger partial charge in [-0.05, 0) is 62.2 Å². The Labute approximate surface area is 207 Å². The van der Waals surface area contributed by atoms with E-state index in [9.17, 15) is 9.59 Å². The standard InChI is InChI=1S/C27H47BN2O4/c1-18(2)14-23(28-33-22-16-20-15-21(26(20,3)4)27(22,5)34-28)30-24(31)17-29-25(32)19-12-10-8-6-7-9-11-13-19/h18-23H,6-17H2,1-5H3,(H,29,32)(H,30,31)/t20?,21?,22-,23+,27+/m1/s1. The summed E-state index contributed by atoms with van der Waals surface area (Å²) in [5.74, 6) is 1.30. The number of carbonyl (C=O) groups is 2. The van der Waals surface area contributed by atoms with Gasteiger partial charge in [-0.15, -0.1) is 0 Å². The van der Waals surface area contributed by atoms with Crippen LogP contribution in [0.25, 0.3) is 0 Å². The smallest absolute Gasteiger partial charge is 0.404 e. The van der Waals surface area contributed by atoms with Crippen molar-refractivity contribution in [3.8, 4) is 0 Å². The minimum absolute atomic E-state index is 0.0229. The van der Waals surface area contributed by atoms with Crippen molar-refractivity contribution in [2.75, 3.05) is 6.54 Å². The largest absolute Gasteiger partial charge is 0.481 e. The zero-order valence-electron chi connectivity index (χ0n) is 22.2. The minimum atomic E-state index is -0.429. The van der Waals surface area contributed by atoms with Crippen molar-refractivity contribution >= 4 is 18.9 Å². The Morgan fingerprint density at radius 1 is 1.00 bits per heavy atom. The Kier molecular flexibility index (Phi) is 8.03. The summed E-state index contributed by atoms with van der Waals surface area (Å²) >= 11 is 0. The molecule has 0 spiro atoms. The van der Waals surface area contributed by atoms with E-state index < -0.39 is 7.12 Å². The second-order valence-corrected chi connectivity index (χ2v) is 12.8. The Balaban J connectivity index is 1.32. The predicted molar refractivity (Wildman–Crippen MR) is 135 cm³/mol. The van der Waals surface area contributed by atoms with Crippen LogP contribution < -0.4 is 10.6 Å². The van der Waals surface area contributed by atoms with Gasteiger partial charge in [-0.1, -0.05) is 66.2 Å². The summed E-state index contributed by atoms with van der Waals surface area (Å²) in [6.07, 6.45) is 12.2.